The molecular formula is C29H31N3O6S. The molecule has 0 saturated carbocycles. The van der Waals surface area contributed by atoms with E-state index in [0.29, 0.717) is 41.3 Å². The summed E-state index contributed by atoms with van der Waals surface area (Å²) in [6.45, 7) is 0.653. The number of rotatable bonds is 7. The zero-order chi connectivity index (χ0) is 27.4. The maximum Gasteiger partial charge on any atom is 0.265 e. The SMILES string of the molecule is COc1cccc(CNC(=O)C[C@@H]2CC[C@H]3[C@H](COc4ccc(NC(=O)c5cccs5)cc4C(=O)N3C)O2)c1. The average molecular weight is 550 g/mol. The van der Waals surface area contributed by atoms with Crippen LogP contribution in [-0.2, 0) is 16.1 Å². The number of hydrogen-bond donors (Lipinski definition) is 2. The fourth-order valence-electron chi connectivity index (χ4n) is 4.97. The molecule has 3 amide bonds. The van der Waals surface area contributed by atoms with Crippen LogP contribution >= 0.6 is 11.3 Å². The Kier molecular flexibility index (Phi) is 8.13. The van der Waals surface area contributed by atoms with Gasteiger partial charge in [-0.1, -0.05) is 18.2 Å². The van der Waals surface area contributed by atoms with E-state index >= 15 is 0 Å². The third kappa shape index (κ3) is 6.23. The van der Waals surface area contributed by atoms with E-state index < -0.39 is 0 Å². The quantitative estimate of drug-likeness (QED) is 0.460. The standard InChI is InChI=1S/C29H31N3O6S/c1-32-23-10-9-21(15-27(33)30-16-18-5-3-6-20(13-18)36-2)38-25(23)17-37-24-11-8-19(14-22(24)29(32)35)31-28(34)26-7-4-12-39-26/h3-8,11-14,21,23,25H,9-10,15-17H2,1-2H3,(H,30,33)(H,31,34)/t21-,23-,25-/m0/s1. The van der Waals surface area contributed by atoms with Crippen molar-refractivity contribution in [2.45, 2.75) is 44.1 Å². The molecule has 2 N–H and O–H groups in total. The number of nitrogens with zero attached hydrogens (tertiary/aromatic N) is 1. The van der Waals surface area contributed by atoms with Gasteiger partial charge in [0.15, 0.2) is 0 Å². The molecule has 2 aliphatic rings. The van der Waals surface area contributed by atoms with Gasteiger partial charge in [-0.15, -0.1) is 11.3 Å². The van der Waals surface area contributed by atoms with Crippen molar-refractivity contribution >= 4 is 34.7 Å². The molecule has 1 aromatic heterocycles. The van der Waals surface area contributed by atoms with E-state index in [1.54, 1.807) is 43.3 Å². The minimum absolute atomic E-state index is 0.0973. The molecule has 0 bridgehead atoms. The zero-order valence-electron chi connectivity index (χ0n) is 21.8. The lowest BCUT2D eigenvalue weighted by molar-refractivity contribution is -0.134. The third-order valence-corrected chi connectivity index (χ3v) is 7.92. The van der Waals surface area contributed by atoms with Gasteiger partial charge in [-0.2, -0.15) is 0 Å². The Morgan fingerprint density at radius 1 is 1.13 bits per heavy atom. The molecule has 9 nitrogen and oxygen atoms in total. The van der Waals surface area contributed by atoms with Crippen LogP contribution in [0.4, 0.5) is 5.69 Å². The van der Waals surface area contributed by atoms with Gasteiger partial charge in [0.1, 0.15) is 24.2 Å². The molecule has 3 heterocycles. The van der Waals surface area contributed by atoms with Gasteiger partial charge in [0.25, 0.3) is 11.8 Å². The summed E-state index contributed by atoms with van der Waals surface area (Å²) in [6, 6.07) is 16.0. The Labute approximate surface area is 231 Å². The van der Waals surface area contributed by atoms with Crippen molar-refractivity contribution in [2.75, 3.05) is 26.1 Å². The summed E-state index contributed by atoms with van der Waals surface area (Å²) >= 11 is 1.35. The summed E-state index contributed by atoms with van der Waals surface area (Å²) in [7, 11) is 3.37. The van der Waals surface area contributed by atoms with Gasteiger partial charge >= 0.3 is 0 Å². The number of fused-ring (bicyclic) bond motifs is 2. The van der Waals surface area contributed by atoms with Crippen LogP contribution in [0.15, 0.2) is 60.0 Å². The maximum absolute atomic E-state index is 13.4. The van der Waals surface area contributed by atoms with Crippen LogP contribution < -0.4 is 20.1 Å². The topological polar surface area (TPSA) is 106 Å². The predicted octanol–water partition coefficient (Wildman–Crippen LogP) is 4.10. The van der Waals surface area contributed by atoms with E-state index in [1.807, 2.05) is 35.7 Å². The van der Waals surface area contributed by atoms with Gasteiger partial charge in [-0.25, -0.2) is 0 Å². The fourth-order valence-corrected chi connectivity index (χ4v) is 5.59. The Balaban J connectivity index is 1.20. The third-order valence-electron chi connectivity index (χ3n) is 7.05. The number of ether oxygens (including phenoxy) is 3. The molecule has 2 aromatic carbocycles. The Morgan fingerprint density at radius 3 is 2.79 bits per heavy atom. The lowest BCUT2D eigenvalue weighted by Gasteiger charge is -2.42. The van der Waals surface area contributed by atoms with E-state index in [2.05, 4.69) is 10.6 Å². The number of carbonyl (C=O) groups is 3. The van der Waals surface area contributed by atoms with E-state index in [9.17, 15) is 14.4 Å². The summed E-state index contributed by atoms with van der Waals surface area (Å²) in [6.07, 6.45) is 0.936. The highest BCUT2D eigenvalue weighted by molar-refractivity contribution is 7.12. The van der Waals surface area contributed by atoms with Crippen molar-refractivity contribution in [3.8, 4) is 11.5 Å². The number of thiophene rings is 1. The average Bonchev–Trinajstić information content (AvgIpc) is 3.50. The first-order valence-electron chi connectivity index (χ1n) is 12.8. The van der Waals surface area contributed by atoms with Gasteiger partial charge in [-0.05, 0) is 60.2 Å². The maximum atomic E-state index is 13.4. The molecule has 0 unspecified atom stereocenters. The summed E-state index contributed by atoms with van der Waals surface area (Å²) in [5.74, 6) is 0.648. The molecule has 3 aromatic rings. The molecular weight excluding hydrogens is 518 g/mol. The Bertz CT molecular complexity index is 1340. The largest absolute Gasteiger partial charge is 0.497 e. The summed E-state index contributed by atoms with van der Waals surface area (Å²) in [4.78, 5) is 40.8. The molecule has 39 heavy (non-hydrogen) atoms. The first kappa shape index (κ1) is 26.7. The van der Waals surface area contributed by atoms with E-state index in [4.69, 9.17) is 14.2 Å². The van der Waals surface area contributed by atoms with Gasteiger partial charge < -0.3 is 29.7 Å². The number of likely N-dealkylation sites (N-methyl/N-ethyl adjacent to an activating group) is 1. The minimum atomic E-state index is -0.366. The second-order valence-corrected chi connectivity index (χ2v) is 10.6. The summed E-state index contributed by atoms with van der Waals surface area (Å²) < 4.78 is 17.6. The van der Waals surface area contributed by atoms with Crippen LogP contribution in [0.2, 0.25) is 0 Å². The predicted molar refractivity (Wildman–Crippen MR) is 147 cm³/mol. The highest BCUT2D eigenvalue weighted by atomic mass is 32.1. The van der Waals surface area contributed by atoms with Crippen molar-refractivity contribution in [1.29, 1.82) is 0 Å². The number of anilines is 1. The molecule has 10 heteroatoms. The number of carbonyl (C=O) groups excluding carboxylic acids is 3. The molecule has 1 fully saturated rings. The highest BCUT2D eigenvalue weighted by Crippen LogP contribution is 2.32. The zero-order valence-corrected chi connectivity index (χ0v) is 22.7. The van der Waals surface area contributed by atoms with Crippen molar-refractivity contribution < 1.29 is 28.6 Å². The molecule has 3 atom stereocenters. The van der Waals surface area contributed by atoms with Gasteiger partial charge in [0.05, 0.1) is 36.1 Å². The number of methoxy groups -OCH3 is 1. The summed E-state index contributed by atoms with van der Waals surface area (Å²) in [5, 5.41) is 7.63. The molecule has 204 valence electrons. The van der Waals surface area contributed by atoms with Crippen molar-refractivity contribution in [3.63, 3.8) is 0 Å². The van der Waals surface area contributed by atoms with Gasteiger partial charge in [-0.3, -0.25) is 14.4 Å². The second-order valence-electron chi connectivity index (χ2n) is 9.64. The van der Waals surface area contributed by atoms with E-state index in [0.717, 1.165) is 11.3 Å². The van der Waals surface area contributed by atoms with E-state index in [1.165, 1.54) is 11.3 Å². The number of amides is 3. The monoisotopic (exact) mass is 549 g/mol. The first-order valence-corrected chi connectivity index (χ1v) is 13.7. The van der Waals surface area contributed by atoms with Gasteiger partial charge in [0.2, 0.25) is 5.91 Å². The molecule has 1 saturated heterocycles. The molecule has 0 aliphatic carbocycles. The van der Waals surface area contributed by atoms with Crippen LogP contribution in [0.1, 0.15) is 44.9 Å². The molecule has 2 aliphatic heterocycles. The van der Waals surface area contributed by atoms with Crippen LogP contribution in [0.5, 0.6) is 11.5 Å². The number of benzene rings is 2. The lowest BCUT2D eigenvalue weighted by Crippen LogP contribution is -2.53. The Morgan fingerprint density at radius 2 is 2.00 bits per heavy atom. The minimum Gasteiger partial charge on any atom is -0.497 e. The van der Waals surface area contributed by atoms with Gasteiger partial charge in [0, 0.05) is 19.3 Å². The van der Waals surface area contributed by atoms with Crippen molar-refractivity contribution in [2.24, 2.45) is 0 Å². The van der Waals surface area contributed by atoms with Crippen molar-refractivity contribution in [3.05, 3.63) is 76.0 Å². The van der Waals surface area contributed by atoms with Crippen molar-refractivity contribution in [1.82, 2.24) is 10.2 Å². The molecule has 0 spiro atoms. The van der Waals surface area contributed by atoms with E-state index in [-0.39, 0.29) is 49.0 Å². The Hall–Kier alpha value is -3.89. The number of nitrogens with one attached hydrogen (secondary N) is 2. The fraction of sp³-hybridized carbons (Fsp3) is 0.345. The molecule has 0 radical (unpaired) electrons. The first-order chi connectivity index (χ1) is 18.9. The normalized spacial score (nSPS) is 20.5. The number of hydrogen-bond acceptors (Lipinski definition) is 7. The van der Waals surface area contributed by atoms with Crippen LogP contribution in [0.25, 0.3) is 0 Å². The molecule has 5 rings (SSSR count). The second kappa shape index (κ2) is 11.9. The smallest absolute Gasteiger partial charge is 0.265 e. The lowest BCUT2D eigenvalue weighted by atomic mass is 9.94. The summed E-state index contributed by atoms with van der Waals surface area (Å²) in [5.41, 5.74) is 1.86. The highest BCUT2D eigenvalue weighted by Gasteiger charge is 2.39. The van der Waals surface area contributed by atoms with Crippen LogP contribution in [0.3, 0.4) is 0 Å². The van der Waals surface area contributed by atoms with Crippen LogP contribution in [-0.4, -0.2) is 61.6 Å². The van der Waals surface area contributed by atoms with Crippen LogP contribution in [0, 0.1) is 0 Å².